The summed E-state index contributed by atoms with van der Waals surface area (Å²) >= 11 is 0. The van der Waals surface area contributed by atoms with E-state index in [2.05, 4.69) is 0 Å². The van der Waals surface area contributed by atoms with Crippen LogP contribution in [0.5, 0.6) is 0 Å². The Hall–Kier alpha value is -0.0800. The number of aliphatic hydroxyl groups is 2. The van der Waals surface area contributed by atoms with Crippen LogP contribution in [0.4, 0.5) is 0 Å². The standard InChI is InChI=1S/C12H24O2/c1-3-11(13)10(2)9-12(14)7-5-4-6-8-12/h10-11,13-14H,3-9H2,1-2H3. The van der Waals surface area contributed by atoms with Crippen molar-refractivity contribution >= 4 is 0 Å². The molecule has 0 amide bonds. The van der Waals surface area contributed by atoms with Gasteiger partial charge in [0, 0.05) is 0 Å². The number of rotatable bonds is 4. The fraction of sp³-hybridized carbons (Fsp3) is 1.00. The highest BCUT2D eigenvalue weighted by Gasteiger charge is 2.32. The Bertz CT molecular complexity index is 162. The van der Waals surface area contributed by atoms with Crippen LogP contribution in [0.2, 0.25) is 0 Å². The Kier molecular flexibility index (Phi) is 4.39. The van der Waals surface area contributed by atoms with Crippen molar-refractivity contribution in [1.82, 2.24) is 0 Å². The summed E-state index contributed by atoms with van der Waals surface area (Å²) in [6, 6.07) is 0. The van der Waals surface area contributed by atoms with Crippen molar-refractivity contribution in [3.8, 4) is 0 Å². The molecule has 1 fully saturated rings. The van der Waals surface area contributed by atoms with Gasteiger partial charge in [0.15, 0.2) is 0 Å². The zero-order valence-electron chi connectivity index (χ0n) is 9.50. The van der Waals surface area contributed by atoms with E-state index in [0.29, 0.717) is 0 Å². The SMILES string of the molecule is CCC(O)C(C)CC1(O)CCCCC1. The first kappa shape index (κ1) is 12.0. The molecule has 2 heteroatoms. The van der Waals surface area contributed by atoms with Gasteiger partial charge in [-0.2, -0.15) is 0 Å². The van der Waals surface area contributed by atoms with Crippen LogP contribution in [-0.4, -0.2) is 21.9 Å². The van der Waals surface area contributed by atoms with Crippen molar-refractivity contribution in [3.63, 3.8) is 0 Å². The first-order chi connectivity index (χ1) is 6.57. The monoisotopic (exact) mass is 200 g/mol. The quantitative estimate of drug-likeness (QED) is 0.732. The molecule has 1 rings (SSSR count). The fourth-order valence-corrected chi connectivity index (χ4v) is 2.55. The molecule has 0 saturated heterocycles. The number of hydrogen-bond acceptors (Lipinski definition) is 2. The lowest BCUT2D eigenvalue weighted by molar-refractivity contribution is -0.0347. The van der Waals surface area contributed by atoms with Crippen LogP contribution < -0.4 is 0 Å². The minimum Gasteiger partial charge on any atom is -0.393 e. The van der Waals surface area contributed by atoms with Crippen LogP contribution in [0.25, 0.3) is 0 Å². The van der Waals surface area contributed by atoms with Gasteiger partial charge in [-0.25, -0.2) is 0 Å². The van der Waals surface area contributed by atoms with E-state index in [9.17, 15) is 10.2 Å². The van der Waals surface area contributed by atoms with Gasteiger partial charge in [-0.3, -0.25) is 0 Å². The zero-order valence-corrected chi connectivity index (χ0v) is 9.50. The van der Waals surface area contributed by atoms with E-state index in [1.807, 2.05) is 13.8 Å². The van der Waals surface area contributed by atoms with Gasteiger partial charge < -0.3 is 10.2 Å². The van der Waals surface area contributed by atoms with Gasteiger partial charge in [0.2, 0.25) is 0 Å². The molecule has 0 aliphatic heterocycles. The Labute approximate surface area is 87.3 Å². The van der Waals surface area contributed by atoms with E-state index in [1.54, 1.807) is 0 Å². The molecule has 1 saturated carbocycles. The van der Waals surface area contributed by atoms with Gasteiger partial charge in [0.1, 0.15) is 0 Å². The molecular weight excluding hydrogens is 176 g/mol. The van der Waals surface area contributed by atoms with Crippen molar-refractivity contribution in [2.45, 2.75) is 70.5 Å². The Morgan fingerprint density at radius 2 is 1.79 bits per heavy atom. The summed E-state index contributed by atoms with van der Waals surface area (Å²) in [6.07, 6.45) is 6.70. The fourth-order valence-electron chi connectivity index (χ4n) is 2.55. The molecule has 1 aliphatic carbocycles. The second-order valence-corrected chi connectivity index (χ2v) is 4.94. The highest BCUT2D eigenvalue weighted by Crippen LogP contribution is 2.34. The summed E-state index contributed by atoms with van der Waals surface area (Å²) in [5.74, 6) is 0.225. The highest BCUT2D eigenvalue weighted by atomic mass is 16.3. The minimum absolute atomic E-state index is 0.225. The van der Waals surface area contributed by atoms with Crippen LogP contribution in [0.3, 0.4) is 0 Å². The van der Waals surface area contributed by atoms with E-state index in [0.717, 1.165) is 38.5 Å². The van der Waals surface area contributed by atoms with Gasteiger partial charge in [-0.15, -0.1) is 0 Å². The van der Waals surface area contributed by atoms with Crippen molar-refractivity contribution < 1.29 is 10.2 Å². The highest BCUT2D eigenvalue weighted by molar-refractivity contribution is 4.85. The average molecular weight is 200 g/mol. The van der Waals surface area contributed by atoms with Gasteiger partial charge in [-0.1, -0.05) is 33.1 Å². The largest absolute Gasteiger partial charge is 0.393 e. The predicted octanol–water partition coefficient (Wildman–Crippen LogP) is 2.48. The van der Waals surface area contributed by atoms with Crippen molar-refractivity contribution in [1.29, 1.82) is 0 Å². The molecule has 0 radical (unpaired) electrons. The van der Waals surface area contributed by atoms with Crippen LogP contribution in [0.15, 0.2) is 0 Å². The molecular formula is C12H24O2. The van der Waals surface area contributed by atoms with Crippen molar-refractivity contribution in [3.05, 3.63) is 0 Å². The summed E-state index contributed by atoms with van der Waals surface area (Å²) in [4.78, 5) is 0. The third-order valence-electron chi connectivity index (χ3n) is 3.56. The lowest BCUT2D eigenvalue weighted by Crippen LogP contribution is -2.36. The molecule has 14 heavy (non-hydrogen) atoms. The van der Waals surface area contributed by atoms with E-state index < -0.39 is 5.60 Å². The molecule has 2 N–H and O–H groups in total. The third kappa shape index (κ3) is 3.25. The average Bonchev–Trinajstić information content (AvgIpc) is 2.17. The Morgan fingerprint density at radius 3 is 2.29 bits per heavy atom. The molecule has 0 aromatic carbocycles. The van der Waals surface area contributed by atoms with Crippen molar-refractivity contribution in [2.24, 2.45) is 5.92 Å². The summed E-state index contributed by atoms with van der Waals surface area (Å²) in [5.41, 5.74) is -0.478. The summed E-state index contributed by atoms with van der Waals surface area (Å²) < 4.78 is 0. The van der Waals surface area contributed by atoms with Gasteiger partial charge in [-0.05, 0) is 31.6 Å². The first-order valence-electron chi connectivity index (χ1n) is 5.98. The van der Waals surface area contributed by atoms with E-state index in [4.69, 9.17) is 0 Å². The maximum absolute atomic E-state index is 10.3. The molecule has 0 spiro atoms. The molecule has 0 bridgehead atoms. The van der Waals surface area contributed by atoms with E-state index in [-0.39, 0.29) is 12.0 Å². The maximum atomic E-state index is 10.3. The normalized spacial score (nSPS) is 25.7. The second kappa shape index (κ2) is 5.13. The Morgan fingerprint density at radius 1 is 1.21 bits per heavy atom. The molecule has 84 valence electrons. The topological polar surface area (TPSA) is 40.5 Å². The van der Waals surface area contributed by atoms with Gasteiger partial charge >= 0.3 is 0 Å². The molecule has 2 unspecified atom stereocenters. The second-order valence-electron chi connectivity index (χ2n) is 4.94. The summed E-state index contributed by atoms with van der Waals surface area (Å²) in [7, 11) is 0. The molecule has 1 aliphatic rings. The third-order valence-corrected chi connectivity index (χ3v) is 3.56. The first-order valence-corrected chi connectivity index (χ1v) is 5.98. The Balaban J connectivity index is 2.40. The van der Waals surface area contributed by atoms with Crippen LogP contribution >= 0.6 is 0 Å². The van der Waals surface area contributed by atoms with Crippen molar-refractivity contribution in [2.75, 3.05) is 0 Å². The van der Waals surface area contributed by atoms with Gasteiger partial charge in [0.05, 0.1) is 11.7 Å². The lowest BCUT2D eigenvalue weighted by atomic mass is 9.77. The number of hydrogen-bond donors (Lipinski definition) is 2. The molecule has 2 nitrogen and oxygen atoms in total. The maximum Gasteiger partial charge on any atom is 0.0651 e. The molecule has 0 heterocycles. The van der Waals surface area contributed by atoms with E-state index >= 15 is 0 Å². The molecule has 0 aromatic rings. The summed E-state index contributed by atoms with van der Waals surface area (Å²) in [6.45, 7) is 4.03. The number of aliphatic hydroxyl groups excluding tert-OH is 1. The molecule has 0 aromatic heterocycles. The minimum atomic E-state index is -0.478. The zero-order chi connectivity index (χ0) is 10.6. The smallest absolute Gasteiger partial charge is 0.0651 e. The predicted molar refractivity (Wildman–Crippen MR) is 58.1 cm³/mol. The van der Waals surface area contributed by atoms with E-state index in [1.165, 1.54) is 6.42 Å². The van der Waals surface area contributed by atoms with Crippen LogP contribution in [0, 0.1) is 5.92 Å². The summed E-state index contributed by atoms with van der Waals surface area (Å²) in [5, 5.41) is 19.9. The molecule has 2 atom stereocenters. The van der Waals surface area contributed by atoms with Crippen LogP contribution in [0.1, 0.15) is 58.8 Å². The van der Waals surface area contributed by atoms with Gasteiger partial charge in [0.25, 0.3) is 0 Å². The lowest BCUT2D eigenvalue weighted by Gasteiger charge is -2.35. The van der Waals surface area contributed by atoms with Crippen LogP contribution in [-0.2, 0) is 0 Å².